The second-order valence-corrected chi connectivity index (χ2v) is 12.8. The molecule has 2 aromatic rings. The van der Waals surface area contributed by atoms with Crippen LogP contribution in [0.5, 0.6) is 0 Å². The summed E-state index contributed by atoms with van der Waals surface area (Å²) in [5, 5.41) is 6.42. The van der Waals surface area contributed by atoms with E-state index < -0.39 is 0 Å². The number of aliphatic imine (C=N–C) groups is 2. The number of ether oxygens (including phenoxy) is 2. The summed E-state index contributed by atoms with van der Waals surface area (Å²) < 4.78 is 12.6. The molecule has 49 heavy (non-hydrogen) atoms. The Labute approximate surface area is 293 Å². The Balaban J connectivity index is 1.23. The molecule has 1 aliphatic carbocycles. The molecule has 0 radical (unpaired) electrons. The smallest absolute Gasteiger partial charge is 0.276 e. The van der Waals surface area contributed by atoms with Crippen LogP contribution in [-0.4, -0.2) is 92.9 Å². The minimum atomic E-state index is -0.300. The molecule has 1 fully saturated rings. The maximum Gasteiger partial charge on any atom is 0.276 e. The van der Waals surface area contributed by atoms with Gasteiger partial charge in [0.2, 0.25) is 11.8 Å². The highest BCUT2D eigenvalue weighted by Crippen LogP contribution is 2.24. The number of nitrogens with one attached hydrogen (secondary N) is 3. The molecular weight excluding hydrogens is 646 g/mol. The van der Waals surface area contributed by atoms with Crippen molar-refractivity contribution in [2.75, 3.05) is 57.8 Å². The van der Waals surface area contributed by atoms with Gasteiger partial charge >= 0.3 is 0 Å². The minimum Gasteiger partial charge on any atom is -0.379 e. The first-order valence-electron chi connectivity index (χ1n) is 17.2. The van der Waals surface area contributed by atoms with E-state index in [0.29, 0.717) is 74.5 Å². The van der Waals surface area contributed by atoms with E-state index in [0.717, 1.165) is 43.5 Å². The Hall–Kier alpha value is -4.00. The largest absolute Gasteiger partial charge is 0.379 e. The lowest BCUT2D eigenvalue weighted by Gasteiger charge is -2.28. The molecule has 3 N–H and O–H groups in total. The van der Waals surface area contributed by atoms with Crippen molar-refractivity contribution in [2.45, 2.75) is 64.0 Å². The molecule has 1 aromatic carbocycles. The molecule has 0 unspecified atom stereocenters. The number of allylic oxidation sites excluding steroid dienone is 2. The van der Waals surface area contributed by atoms with E-state index in [1.165, 1.54) is 10.9 Å². The number of alkyl halides is 1. The van der Waals surface area contributed by atoms with Crippen molar-refractivity contribution >= 4 is 53.8 Å². The van der Waals surface area contributed by atoms with Gasteiger partial charge in [0.15, 0.2) is 0 Å². The molecule has 0 spiro atoms. The standard InChI is InChI=1S/C36H50ClN7O5/c1-43(2)31-14-7-27(8-15-31)23-32-36(47)44(33(42-32)16-13-30-24-38-26-40-30)25-34(45)41-29-11-9-28(10-12-29)35(46)39-18-20-49-22-21-48-19-6-4-3-5-17-37/h7-8,13-16,23-24,26,28-29,42H,3-6,9-12,17-22,25H2,1-2H3,(H,39,46)(H,41,45)/b30-13?,32-23+,33-16?. The summed E-state index contributed by atoms with van der Waals surface area (Å²) in [6.45, 7) is 2.53. The first-order chi connectivity index (χ1) is 23.8. The van der Waals surface area contributed by atoms with Gasteiger partial charge in [0.05, 0.1) is 31.7 Å². The molecule has 0 bridgehead atoms. The van der Waals surface area contributed by atoms with E-state index in [4.69, 9.17) is 21.1 Å². The van der Waals surface area contributed by atoms with Crippen molar-refractivity contribution in [1.29, 1.82) is 0 Å². The summed E-state index contributed by atoms with van der Waals surface area (Å²) >= 11 is 5.68. The molecule has 13 heteroatoms. The van der Waals surface area contributed by atoms with Crippen LogP contribution in [0.3, 0.4) is 0 Å². The van der Waals surface area contributed by atoms with Crippen LogP contribution in [0, 0.1) is 5.92 Å². The molecule has 1 aliphatic heterocycles. The maximum atomic E-state index is 13.5. The molecule has 12 nitrogen and oxygen atoms in total. The highest BCUT2D eigenvalue weighted by Gasteiger charge is 2.27. The third-order valence-electron chi connectivity index (χ3n) is 8.50. The number of nitrogens with zero attached hydrogens (tertiary/aromatic N) is 4. The number of aromatic amines is 1. The van der Waals surface area contributed by atoms with Crippen LogP contribution in [0.4, 0.5) is 5.69 Å². The van der Waals surface area contributed by atoms with E-state index in [9.17, 15) is 14.4 Å². The zero-order chi connectivity index (χ0) is 34.8. The summed E-state index contributed by atoms with van der Waals surface area (Å²) in [6, 6.07) is 7.79. The molecule has 4 rings (SSSR count). The zero-order valence-corrected chi connectivity index (χ0v) is 29.4. The number of aromatic nitrogens is 2. The third-order valence-corrected chi connectivity index (χ3v) is 8.76. The van der Waals surface area contributed by atoms with Crippen LogP contribution in [0.2, 0.25) is 0 Å². The van der Waals surface area contributed by atoms with Gasteiger partial charge in [-0.25, -0.2) is 9.98 Å². The number of halogens is 1. The normalized spacial score (nSPS) is 18.8. The number of amides is 2. The average Bonchev–Trinajstić information content (AvgIpc) is 3.72. The predicted octanol–water partition coefficient (Wildman–Crippen LogP) is 2.47. The SMILES string of the molecule is CN(C)c1ccc(/C=c2/[nH]c(=CC=C3C=NC=N3)n(CC(=O)NC3CCC(C(=O)NCCOCCOCCCCCCCl)CC3)c2=O)cc1. The van der Waals surface area contributed by atoms with Crippen LogP contribution < -0.4 is 31.9 Å². The number of benzene rings is 1. The van der Waals surface area contributed by atoms with Crippen molar-refractivity contribution in [3.8, 4) is 0 Å². The van der Waals surface area contributed by atoms with Gasteiger partial charge in [-0.3, -0.25) is 19.0 Å². The first kappa shape index (κ1) is 37.8. The highest BCUT2D eigenvalue weighted by molar-refractivity contribution is 6.17. The van der Waals surface area contributed by atoms with Crippen molar-refractivity contribution < 1.29 is 19.1 Å². The Morgan fingerprint density at radius 2 is 1.73 bits per heavy atom. The van der Waals surface area contributed by atoms with Crippen LogP contribution in [0.25, 0.3) is 12.2 Å². The molecule has 0 saturated heterocycles. The number of rotatable bonds is 19. The van der Waals surface area contributed by atoms with Gasteiger partial charge in [0.25, 0.3) is 5.56 Å². The summed E-state index contributed by atoms with van der Waals surface area (Å²) in [5.41, 5.74) is 2.73. The van der Waals surface area contributed by atoms with E-state index in [2.05, 4.69) is 25.6 Å². The number of unbranched alkanes of at least 4 members (excludes halogenated alkanes) is 3. The monoisotopic (exact) mass is 695 g/mol. The number of imidazole rings is 1. The Morgan fingerprint density at radius 3 is 2.43 bits per heavy atom. The van der Waals surface area contributed by atoms with Crippen molar-refractivity contribution in [3.05, 3.63) is 62.8 Å². The fraction of sp³-hybridized carbons (Fsp3) is 0.528. The lowest BCUT2D eigenvalue weighted by atomic mass is 9.85. The number of H-pyrrole nitrogens is 1. The Morgan fingerprint density at radius 1 is 1.00 bits per heavy atom. The molecule has 1 saturated carbocycles. The fourth-order valence-electron chi connectivity index (χ4n) is 5.71. The van der Waals surface area contributed by atoms with Gasteiger partial charge in [-0.1, -0.05) is 25.0 Å². The molecule has 0 atom stereocenters. The van der Waals surface area contributed by atoms with E-state index >= 15 is 0 Å². The van der Waals surface area contributed by atoms with Crippen LogP contribution in [0.1, 0.15) is 56.9 Å². The van der Waals surface area contributed by atoms with Gasteiger partial charge in [-0.2, -0.15) is 0 Å². The van der Waals surface area contributed by atoms with Gasteiger partial charge in [0.1, 0.15) is 23.7 Å². The Bertz CT molecular complexity index is 1610. The van der Waals surface area contributed by atoms with Gasteiger partial charge in [-0.05, 0) is 74.4 Å². The quantitative estimate of drug-likeness (QED) is 0.152. The zero-order valence-electron chi connectivity index (χ0n) is 28.7. The van der Waals surface area contributed by atoms with Gasteiger partial charge < -0.3 is 30.0 Å². The molecular formula is C36H50ClN7O5. The first-order valence-corrected chi connectivity index (χ1v) is 17.7. The summed E-state index contributed by atoms with van der Waals surface area (Å²) in [7, 11) is 3.94. The number of hydrogen-bond donors (Lipinski definition) is 3. The topological polar surface area (TPSA) is 142 Å². The molecule has 1 aromatic heterocycles. The molecule has 2 amide bonds. The lowest BCUT2D eigenvalue weighted by Crippen LogP contribution is -2.44. The van der Waals surface area contributed by atoms with Gasteiger partial charge in [0, 0.05) is 50.8 Å². The van der Waals surface area contributed by atoms with E-state index in [-0.39, 0.29) is 35.9 Å². The summed E-state index contributed by atoms with van der Waals surface area (Å²) in [6.07, 6.45) is 15.4. The lowest BCUT2D eigenvalue weighted by molar-refractivity contribution is -0.126. The second-order valence-electron chi connectivity index (χ2n) is 12.5. The van der Waals surface area contributed by atoms with Crippen LogP contribution in [-0.2, 0) is 25.6 Å². The molecule has 266 valence electrons. The van der Waals surface area contributed by atoms with Crippen molar-refractivity contribution in [2.24, 2.45) is 15.9 Å². The number of carbonyl (C=O) groups is 2. The number of carbonyl (C=O) groups excluding carboxylic acids is 2. The Kier molecular flexibility index (Phi) is 15.8. The number of hydrogen-bond acceptors (Lipinski definition) is 8. The van der Waals surface area contributed by atoms with Gasteiger partial charge in [-0.15, -0.1) is 11.6 Å². The molecule has 2 heterocycles. The highest BCUT2D eigenvalue weighted by atomic mass is 35.5. The molecule has 2 aliphatic rings. The van der Waals surface area contributed by atoms with E-state index in [1.807, 2.05) is 43.3 Å². The fourth-order valence-corrected chi connectivity index (χ4v) is 5.90. The number of anilines is 1. The van der Waals surface area contributed by atoms with Crippen molar-refractivity contribution in [3.63, 3.8) is 0 Å². The van der Waals surface area contributed by atoms with E-state index in [1.54, 1.807) is 24.4 Å². The maximum absolute atomic E-state index is 13.5. The summed E-state index contributed by atoms with van der Waals surface area (Å²) in [5.74, 6) is 0.383. The summed E-state index contributed by atoms with van der Waals surface area (Å²) in [4.78, 5) is 52.7. The third kappa shape index (κ3) is 12.8. The second kappa shape index (κ2) is 20.5. The van der Waals surface area contributed by atoms with Crippen LogP contribution in [0.15, 0.2) is 50.8 Å². The average molecular weight is 696 g/mol. The van der Waals surface area contributed by atoms with Crippen molar-refractivity contribution in [1.82, 2.24) is 20.2 Å². The minimum absolute atomic E-state index is 0.0199. The van der Waals surface area contributed by atoms with Crippen LogP contribution >= 0.6 is 11.6 Å². The predicted molar refractivity (Wildman–Crippen MR) is 196 cm³/mol.